The van der Waals surface area contributed by atoms with Crippen molar-refractivity contribution in [3.8, 4) is 0 Å². The number of alkyl halides is 3. The fraction of sp³-hybridized carbons (Fsp3) is 0.571. The van der Waals surface area contributed by atoms with E-state index >= 15 is 0 Å². The maximum Gasteiger partial charge on any atom is 0.416 e. The largest absolute Gasteiger partial charge is 0.416 e. The lowest BCUT2D eigenvalue weighted by Crippen LogP contribution is -2.05. The van der Waals surface area contributed by atoms with Crippen LogP contribution < -0.4 is 0 Å². The van der Waals surface area contributed by atoms with Crippen molar-refractivity contribution in [2.75, 3.05) is 0 Å². The Bertz CT molecular complexity index is 343. The highest BCUT2D eigenvalue weighted by atomic mass is 19.4. The zero-order chi connectivity index (χ0) is 12.3. The van der Waals surface area contributed by atoms with E-state index in [-0.39, 0.29) is 0 Å². The first-order valence-corrected chi connectivity index (χ1v) is 6.24. The molecule has 1 aromatic carbocycles. The van der Waals surface area contributed by atoms with Gasteiger partial charge in [0.1, 0.15) is 0 Å². The molecule has 1 fully saturated rings. The summed E-state index contributed by atoms with van der Waals surface area (Å²) < 4.78 is 37.3. The van der Waals surface area contributed by atoms with Crippen molar-refractivity contribution in [2.24, 2.45) is 0 Å². The van der Waals surface area contributed by atoms with Gasteiger partial charge < -0.3 is 0 Å². The van der Waals surface area contributed by atoms with Crippen LogP contribution in [0.4, 0.5) is 13.2 Å². The van der Waals surface area contributed by atoms with E-state index in [2.05, 4.69) is 0 Å². The minimum absolute atomic E-state index is 0.458. The van der Waals surface area contributed by atoms with E-state index in [1.807, 2.05) is 0 Å². The summed E-state index contributed by atoms with van der Waals surface area (Å²) in [7, 11) is 0. The molecule has 0 unspecified atom stereocenters. The van der Waals surface area contributed by atoms with Crippen LogP contribution in [-0.2, 0) is 6.18 Å². The van der Waals surface area contributed by atoms with E-state index < -0.39 is 11.7 Å². The number of rotatable bonds is 1. The van der Waals surface area contributed by atoms with Crippen molar-refractivity contribution >= 4 is 0 Å². The lowest BCUT2D eigenvalue weighted by atomic mass is 9.91. The summed E-state index contributed by atoms with van der Waals surface area (Å²) in [5.74, 6) is 0.458. The smallest absolute Gasteiger partial charge is 0.166 e. The average Bonchev–Trinajstić information content (AvgIpc) is 2.56. The van der Waals surface area contributed by atoms with E-state index in [1.165, 1.54) is 37.8 Å². The summed E-state index contributed by atoms with van der Waals surface area (Å²) in [4.78, 5) is 0. The highest BCUT2D eigenvalue weighted by molar-refractivity contribution is 5.27. The first-order valence-electron chi connectivity index (χ1n) is 6.24. The molecule has 0 nitrogen and oxygen atoms in total. The lowest BCUT2D eigenvalue weighted by molar-refractivity contribution is -0.137. The zero-order valence-corrected chi connectivity index (χ0v) is 9.76. The topological polar surface area (TPSA) is 0 Å². The molecule has 0 amide bonds. The molecule has 0 N–H and O–H groups in total. The molecule has 0 heterocycles. The summed E-state index contributed by atoms with van der Waals surface area (Å²) in [6.45, 7) is 0. The van der Waals surface area contributed by atoms with Crippen LogP contribution in [0.3, 0.4) is 0 Å². The molecule has 0 saturated heterocycles. The highest BCUT2D eigenvalue weighted by Gasteiger charge is 2.30. The van der Waals surface area contributed by atoms with E-state index in [0.29, 0.717) is 5.92 Å². The van der Waals surface area contributed by atoms with Crippen LogP contribution in [0.2, 0.25) is 0 Å². The number of hydrogen-bond donors (Lipinski definition) is 0. The Hall–Kier alpha value is -0.990. The van der Waals surface area contributed by atoms with Gasteiger partial charge in [-0.2, -0.15) is 13.2 Å². The average molecular weight is 242 g/mol. The van der Waals surface area contributed by atoms with Gasteiger partial charge in [-0.15, -0.1) is 0 Å². The maximum atomic E-state index is 12.4. The van der Waals surface area contributed by atoms with E-state index in [9.17, 15) is 13.2 Å². The van der Waals surface area contributed by atoms with Gasteiger partial charge in [0, 0.05) is 0 Å². The predicted molar refractivity (Wildman–Crippen MR) is 61.9 cm³/mol. The van der Waals surface area contributed by atoms with Gasteiger partial charge in [0.05, 0.1) is 5.56 Å². The van der Waals surface area contributed by atoms with Crippen LogP contribution in [0.15, 0.2) is 24.3 Å². The van der Waals surface area contributed by atoms with Gasteiger partial charge in [0.2, 0.25) is 0 Å². The molecule has 1 aromatic rings. The second-order valence-corrected chi connectivity index (χ2v) is 4.81. The molecule has 94 valence electrons. The van der Waals surface area contributed by atoms with Gasteiger partial charge in [0.15, 0.2) is 0 Å². The lowest BCUT2D eigenvalue weighted by Gasteiger charge is -2.15. The molecule has 0 radical (unpaired) electrons. The minimum atomic E-state index is -4.22. The summed E-state index contributed by atoms with van der Waals surface area (Å²) in [6.07, 6.45) is 2.93. The van der Waals surface area contributed by atoms with Crippen LogP contribution in [0, 0.1) is 0 Å². The van der Waals surface area contributed by atoms with E-state index in [0.717, 1.165) is 18.4 Å². The third kappa shape index (κ3) is 3.24. The van der Waals surface area contributed by atoms with Gasteiger partial charge in [-0.1, -0.05) is 37.8 Å². The highest BCUT2D eigenvalue weighted by Crippen LogP contribution is 2.34. The summed E-state index contributed by atoms with van der Waals surface area (Å²) >= 11 is 0. The van der Waals surface area contributed by atoms with Crippen molar-refractivity contribution < 1.29 is 13.2 Å². The Morgan fingerprint density at radius 2 is 1.35 bits per heavy atom. The SMILES string of the molecule is FC(F)(F)c1ccc(C2CCCCCC2)cc1. The van der Waals surface area contributed by atoms with Crippen LogP contribution in [0.5, 0.6) is 0 Å². The third-order valence-corrected chi connectivity index (χ3v) is 3.56. The maximum absolute atomic E-state index is 12.4. The first kappa shape index (κ1) is 12.5. The minimum Gasteiger partial charge on any atom is -0.166 e. The van der Waals surface area contributed by atoms with Gasteiger partial charge in [-0.3, -0.25) is 0 Å². The summed E-state index contributed by atoms with van der Waals surface area (Å²) in [5, 5.41) is 0. The van der Waals surface area contributed by atoms with Crippen LogP contribution in [-0.4, -0.2) is 0 Å². The molecular formula is C14H17F3. The quantitative estimate of drug-likeness (QED) is 0.598. The van der Waals surface area contributed by atoms with Crippen molar-refractivity contribution in [2.45, 2.75) is 50.6 Å². The first-order chi connectivity index (χ1) is 8.07. The van der Waals surface area contributed by atoms with Crippen LogP contribution >= 0.6 is 0 Å². The van der Waals surface area contributed by atoms with Crippen molar-refractivity contribution in [1.82, 2.24) is 0 Å². The second-order valence-electron chi connectivity index (χ2n) is 4.81. The Morgan fingerprint density at radius 1 is 0.824 bits per heavy atom. The van der Waals surface area contributed by atoms with E-state index in [4.69, 9.17) is 0 Å². The van der Waals surface area contributed by atoms with Crippen LogP contribution in [0.1, 0.15) is 55.6 Å². The summed E-state index contributed by atoms with van der Waals surface area (Å²) in [6, 6.07) is 5.72. The molecule has 17 heavy (non-hydrogen) atoms. The van der Waals surface area contributed by atoms with Gasteiger partial charge in [-0.05, 0) is 36.5 Å². The second kappa shape index (κ2) is 5.11. The molecule has 1 aliphatic rings. The number of benzene rings is 1. The predicted octanol–water partition coefficient (Wildman–Crippen LogP) is 5.14. The monoisotopic (exact) mass is 242 g/mol. The van der Waals surface area contributed by atoms with Crippen molar-refractivity contribution in [3.05, 3.63) is 35.4 Å². The fourth-order valence-electron chi connectivity index (χ4n) is 2.56. The standard InChI is InChI=1S/C14H17F3/c15-14(16,17)13-9-7-12(8-10-13)11-5-3-1-2-4-6-11/h7-11H,1-6H2. The van der Waals surface area contributed by atoms with Crippen LogP contribution in [0.25, 0.3) is 0 Å². The molecule has 1 saturated carbocycles. The number of hydrogen-bond acceptors (Lipinski definition) is 0. The molecule has 0 atom stereocenters. The summed E-state index contributed by atoms with van der Waals surface area (Å²) in [5.41, 5.74) is 0.523. The molecule has 0 bridgehead atoms. The Labute approximate surface area is 99.8 Å². The molecule has 0 aromatic heterocycles. The third-order valence-electron chi connectivity index (χ3n) is 3.56. The Balaban J connectivity index is 2.11. The van der Waals surface area contributed by atoms with E-state index in [1.54, 1.807) is 12.1 Å². The van der Waals surface area contributed by atoms with Crippen molar-refractivity contribution in [3.63, 3.8) is 0 Å². The van der Waals surface area contributed by atoms with Gasteiger partial charge >= 0.3 is 6.18 Å². The molecule has 1 aliphatic carbocycles. The molecule has 3 heteroatoms. The zero-order valence-electron chi connectivity index (χ0n) is 9.76. The fourth-order valence-corrected chi connectivity index (χ4v) is 2.56. The van der Waals surface area contributed by atoms with Gasteiger partial charge in [0.25, 0.3) is 0 Å². The molecule has 0 spiro atoms. The Morgan fingerprint density at radius 3 is 1.82 bits per heavy atom. The normalized spacial score (nSPS) is 19.0. The number of halogens is 3. The van der Waals surface area contributed by atoms with Gasteiger partial charge in [-0.25, -0.2) is 0 Å². The molecule has 2 rings (SSSR count). The molecule has 0 aliphatic heterocycles. The molecular weight excluding hydrogens is 225 g/mol. The van der Waals surface area contributed by atoms with Crippen molar-refractivity contribution in [1.29, 1.82) is 0 Å². The Kier molecular flexibility index (Phi) is 3.75.